The number of rotatable bonds is 8. The molecule has 1 saturated heterocycles. The molecule has 31 heavy (non-hydrogen) atoms. The van der Waals surface area contributed by atoms with Gasteiger partial charge >= 0.3 is 0 Å². The number of hydrogen-bond acceptors (Lipinski definition) is 5. The molecule has 0 radical (unpaired) electrons. The highest BCUT2D eigenvalue weighted by atomic mass is 32.2. The van der Waals surface area contributed by atoms with Crippen LogP contribution < -0.4 is 10.1 Å². The number of fused-ring (bicyclic) bond motifs is 1. The van der Waals surface area contributed by atoms with Gasteiger partial charge in [-0.15, -0.1) is 0 Å². The molecule has 3 atom stereocenters. The largest absolute Gasteiger partial charge is 0.490 e. The van der Waals surface area contributed by atoms with E-state index in [4.69, 9.17) is 4.74 Å². The summed E-state index contributed by atoms with van der Waals surface area (Å²) >= 11 is 1.61. The minimum absolute atomic E-state index is 0.158. The number of likely N-dealkylation sites (tertiary alicyclic amines) is 1. The molecular weight excluding hydrogens is 412 g/mol. The van der Waals surface area contributed by atoms with Crippen molar-refractivity contribution in [1.82, 2.24) is 4.90 Å². The Kier molecular flexibility index (Phi) is 7.20. The predicted molar refractivity (Wildman–Crippen MR) is 122 cm³/mol. The van der Waals surface area contributed by atoms with Gasteiger partial charge in [-0.05, 0) is 69.1 Å². The van der Waals surface area contributed by atoms with E-state index in [1.54, 1.807) is 11.8 Å². The summed E-state index contributed by atoms with van der Waals surface area (Å²) < 4.78 is 6.05. The normalized spacial score (nSPS) is 24.9. The molecule has 3 fully saturated rings. The van der Waals surface area contributed by atoms with Crippen LogP contribution in [0.4, 0.5) is 5.69 Å². The Bertz CT molecular complexity index is 800. The highest BCUT2D eigenvalue weighted by Gasteiger charge is 2.51. The average Bonchev–Trinajstić information content (AvgIpc) is 3.37. The van der Waals surface area contributed by atoms with Crippen LogP contribution in [0.5, 0.6) is 5.75 Å². The first-order valence-corrected chi connectivity index (χ1v) is 12.9. The topological polar surface area (TPSA) is 75.7 Å². The average molecular weight is 445 g/mol. The van der Waals surface area contributed by atoms with Crippen LogP contribution in [0.2, 0.25) is 0 Å². The number of thioether (sulfide) groups is 1. The predicted octanol–water partition coefficient (Wildman–Crippen LogP) is 4.24. The van der Waals surface area contributed by atoms with E-state index >= 15 is 0 Å². The van der Waals surface area contributed by atoms with Crippen molar-refractivity contribution in [3.8, 4) is 5.75 Å². The molecule has 1 heterocycles. The Morgan fingerprint density at radius 1 is 1.10 bits per heavy atom. The number of imide groups is 1. The van der Waals surface area contributed by atoms with E-state index in [-0.39, 0.29) is 35.7 Å². The Labute approximate surface area is 188 Å². The minimum Gasteiger partial charge on any atom is -0.490 e. The maximum atomic E-state index is 13.3. The van der Waals surface area contributed by atoms with Crippen LogP contribution in [0.15, 0.2) is 24.3 Å². The summed E-state index contributed by atoms with van der Waals surface area (Å²) in [6.07, 6.45) is 10.6. The summed E-state index contributed by atoms with van der Waals surface area (Å²) in [5.74, 6) is 0.346. The summed E-state index contributed by atoms with van der Waals surface area (Å²) in [4.78, 5) is 40.6. The first-order valence-electron chi connectivity index (χ1n) is 11.5. The zero-order valence-corrected chi connectivity index (χ0v) is 19.0. The first kappa shape index (κ1) is 22.2. The Hall–Kier alpha value is -2.02. The van der Waals surface area contributed by atoms with Gasteiger partial charge in [0.05, 0.1) is 17.9 Å². The van der Waals surface area contributed by atoms with Crippen LogP contribution in [0.3, 0.4) is 0 Å². The third kappa shape index (κ3) is 4.92. The number of carbonyl (C=O) groups is 3. The molecule has 4 rings (SSSR count). The van der Waals surface area contributed by atoms with Gasteiger partial charge in [-0.25, -0.2) is 0 Å². The minimum atomic E-state index is -0.766. The molecule has 6 nitrogen and oxygen atoms in total. The molecule has 7 heteroatoms. The second-order valence-corrected chi connectivity index (χ2v) is 9.87. The van der Waals surface area contributed by atoms with E-state index in [0.717, 1.165) is 44.3 Å². The SMILES string of the molecule is CSCC[C@H](C(=O)Nc1cccc(OC2CCCC2)c1)N1C(=O)[C@@H]2CCCC[C@H]2C1=O. The first-order chi connectivity index (χ1) is 15.1. The zero-order valence-electron chi connectivity index (χ0n) is 18.2. The number of benzene rings is 1. The summed E-state index contributed by atoms with van der Waals surface area (Å²) in [5.41, 5.74) is 0.631. The fourth-order valence-electron chi connectivity index (χ4n) is 5.17. The van der Waals surface area contributed by atoms with Gasteiger partial charge in [0.1, 0.15) is 11.8 Å². The Balaban J connectivity index is 1.48. The lowest BCUT2D eigenvalue weighted by atomic mass is 9.81. The molecule has 2 saturated carbocycles. The lowest BCUT2D eigenvalue weighted by molar-refractivity contribution is -0.146. The summed E-state index contributed by atoms with van der Waals surface area (Å²) in [5, 5.41) is 2.94. The lowest BCUT2D eigenvalue weighted by Crippen LogP contribution is -2.48. The number of anilines is 1. The smallest absolute Gasteiger partial charge is 0.247 e. The summed E-state index contributed by atoms with van der Waals surface area (Å²) in [6.45, 7) is 0. The second kappa shape index (κ2) is 10.1. The van der Waals surface area contributed by atoms with Crippen molar-refractivity contribution in [1.29, 1.82) is 0 Å². The van der Waals surface area contributed by atoms with Gasteiger partial charge in [-0.1, -0.05) is 18.9 Å². The number of amides is 3. The maximum absolute atomic E-state index is 13.3. The second-order valence-electron chi connectivity index (χ2n) is 8.88. The van der Waals surface area contributed by atoms with Gasteiger partial charge < -0.3 is 10.1 Å². The number of nitrogens with zero attached hydrogens (tertiary/aromatic N) is 1. The third-order valence-electron chi connectivity index (χ3n) is 6.79. The van der Waals surface area contributed by atoms with Crippen LogP contribution in [-0.2, 0) is 14.4 Å². The molecule has 0 unspecified atom stereocenters. The van der Waals surface area contributed by atoms with Crippen molar-refractivity contribution < 1.29 is 19.1 Å². The van der Waals surface area contributed by atoms with Gasteiger partial charge in [0.2, 0.25) is 17.7 Å². The molecule has 0 spiro atoms. The van der Waals surface area contributed by atoms with Gasteiger partial charge in [-0.3, -0.25) is 19.3 Å². The fourth-order valence-corrected chi connectivity index (χ4v) is 5.63. The van der Waals surface area contributed by atoms with Crippen molar-refractivity contribution in [3.05, 3.63) is 24.3 Å². The van der Waals surface area contributed by atoms with Crippen molar-refractivity contribution in [2.24, 2.45) is 11.8 Å². The monoisotopic (exact) mass is 444 g/mol. The standard InChI is InChI=1S/C24H32N2O4S/c1-31-14-13-21(26-23(28)19-11-4-5-12-20(19)24(26)29)22(27)25-16-7-6-10-18(15-16)30-17-8-2-3-9-17/h6-7,10,15,17,19-21H,2-5,8-9,11-14H2,1H3,(H,25,27)/t19-,20-,21-/m1/s1. The molecule has 2 aliphatic carbocycles. The Morgan fingerprint density at radius 2 is 1.74 bits per heavy atom. The summed E-state index contributed by atoms with van der Waals surface area (Å²) in [6, 6.07) is 6.64. The molecule has 0 bridgehead atoms. The molecule has 1 aliphatic heterocycles. The number of hydrogen-bond donors (Lipinski definition) is 1. The van der Waals surface area contributed by atoms with Crippen molar-refractivity contribution in [3.63, 3.8) is 0 Å². The van der Waals surface area contributed by atoms with Gasteiger partial charge in [0.15, 0.2) is 0 Å². The van der Waals surface area contributed by atoms with Crippen LogP contribution in [0, 0.1) is 11.8 Å². The molecule has 168 valence electrons. The molecule has 3 aliphatic rings. The molecule has 1 aromatic rings. The molecular formula is C24H32N2O4S. The van der Waals surface area contributed by atoms with E-state index in [1.807, 2.05) is 30.5 Å². The zero-order chi connectivity index (χ0) is 21.8. The highest BCUT2D eigenvalue weighted by molar-refractivity contribution is 7.98. The Morgan fingerprint density at radius 3 is 2.39 bits per heavy atom. The lowest BCUT2D eigenvalue weighted by Gasteiger charge is -2.26. The van der Waals surface area contributed by atoms with E-state index in [2.05, 4.69) is 5.32 Å². The third-order valence-corrected chi connectivity index (χ3v) is 7.44. The molecule has 1 aromatic carbocycles. The van der Waals surface area contributed by atoms with Crippen molar-refractivity contribution >= 4 is 35.2 Å². The number of carbonyl (C=O) groups excluding carboxylic acids is 3. The summed E-state index contributed by atoms with van der Waals surface area (Å²) in [7, 11) is 0. The van der Waals surface area contributed by atoms with Gasteiger partial charge in [-0.2, -0.15) is 11.8 Å². The number of ether oxygens (including phenoxy) is 1. The van der Waals surface area contributed by atoms with Crippen LogP contribution >= 0.6 is 11.8 Å². The van der Waals surface area contributed by atoms with E-state index in [0.29, 0.717) is 17.9 Å². The molecule has 1 N–H and O–H groups in total. The fraction of sp³-hybridized carbons (Fsp3) is 0.625. The van der Waals surface area contributed by atoms with Gasteiger partial charge in [0, 0.05) is 11.8 Å². The highest BCUT2D eigenvalue weighted by Crippen LogP contribution is 2.39. The van der Waals surface area contributed by atoms with E-state index < -0.39 is 6.04 Å². The van der Waals surface area contributed by atoms with Gasteiger partial charge in [0.25, 0.3) is 0 Å². The van der Waals surface area contributed by atoms with Crippen LogP contribution in [0.1, 0.15) is 57.8 Å². The van der Waals surface area contributed by atoms with E-state index in [9.17, 15) is 14.4 Å². The quantitative estimate of drug-likeness (QED) is 0.607. The molecule has 0 aromatic heterocycles. The maximum Gasteiger partial charge on any atom is 0.247 e. The number of nitrogens with one attached hydrogen (secondary N) is 1. The van der Waals surface area contributed by atoms with Crippen molar-refractivity contribution in [2.45, 2.75) is 69.9 Å². The molecule has 3 amide bonds. The van der Waals surface area contributed by atoms with Crippen LogP contribution in [-0.4, -0.2) is 46.8 Å². The van der Waals surface area contributed by atoms with Crippen molar-refractivity contribution in [2.75, 3.05) is 17.3 Å². The van der Waals surface area contributed by atoms with Crippen LogP contribution in [0.25, 0.3) is 0 Å². The van der Waals surface area contributed by atoms with E-state index in [1.165, 1.54) is 17.7 Å².